The Hall–Kier alpha value is -1.56. The summed E-state index contributed by atoms with van der Waals surface area (Å²) in [4.78, 5) is 10.5. The predicted octanol–water partition coefficient (Wildman–Crippen LogP) is 2.22. The van der Waals surface area contributed by atoms with Gasteiger partial charge in [0.2, 0.25) is 0 Å². The summed E-state index contributed by atoms with van der Waals surface area (Å²) in [7, 11) is 0. The van der Waals surface area contributed by atoms with Gasteiger partial charge in [0.15, 0.2) is 0 Å². The number of carbonyl (C=O) groups is 1. The van der Waals surface area contributed by atoms with Crippen molar-refractivity contribution in [3.8, 4) is 0 Å². The monoisotopic (exact) mass is 247 g/mol. The Balaban J connectivity index is 3.01. The molecule has 0 bridgehead atoms. The van der Waals surface area contributed by atoms with Crippen LogP contribution in [0, 0.1) is 0 Å². The van der Waals surface area contributed by atoms with Crippen LogP contribution in [0.15, 0.2) is 24.3 Å². The van der Waals surface area contributed by atoms with Gasteiger partial charge in [0.1, 0.15) is 0 Å². The lowest BCUT2D eigenvalue weighted by Gasteiger charge is -2.15. The van der Waals surface area contributed by atoms with Gasteiger partial charge in [-0.2, -0.15) is 13.2 Å². The second kappa shape index (κ2) is 5.18. The molecule has 0 spiro atoms. The third-order valence-corrected chi connectivity index (χ3v) is 2.39. The molecule has 94 valence electrons. The van der Waals surface area contributed by atoms with Gasteiger partial charge in [-0.05, 0) is 18.2 Å². The molecule has 0 fully saturated rings. The molecule has 0 saturated carbocycles. The number of halogens is 3. The van der Waals surface area contributed by atoms with Crippen molar-refractivity contribution >= 4 is 5.97 Å². The van der Waals surface area contributed by atoms with Crippen LogP contribution in [0.2, 0.25) is 0 Å². The molecule has 0 aliphatic rings. The number of nitrogens with two attached hydrogens (primary N) is 1. The number of carboxylic acid groups (broad SMARTS) is 1. The maximum absolute atomic E-state index is 12.5. The largest absolute Gasteiger partial charge is 0.481 e. The van der Waals surface area contributed by atoms with E-state index in [0.29, 0.717) is 5.56 Å². The molecular formula is C11H12F3NO2. The maximum atomic E-state index is 12.5. The van der Waals surface area contributed by atoms with Crippen molar-refractivity contribution in [2.24, 2.45) is 5.73 Å². The lowest BCUT2D eigenvalue weighted by Crippen LogP contribution is -2.17. The van der Waals surface area contributed by atoms with E-state index in [4.69, 9.17) is 10.8 Å². The van der Waals surface area contributed by atoms with Gasteiger partial charge in [0, 0.05) is 5.92 Å². The van der Waals surface area contributed by atoms with Crippen LogP contribution in [0.5, 0.6) is 0 Å². The Morgan fingerprint density at radius 3 is 2.53 bits per heavy atom. The molecule has 3 nitrogen and oxygen atoms in total. The van der Waals surface area contributed by atoms with E-state index < -0.39 is 23.6 Å². The van der Waals surface area contributed by atoms with Crippen LogP contribution in [0.3, 0.4) is 0 Å². The minimum absolute atomic E-state index is 0.00634. The van der Waals surface area contributed by atoms with E-state index in [-0.39, 0.29) is 13.0 Å². The molecule has 0 aromatic heterocycles. The highest BCUT2D eigenvalue weighted by Gasteiger charge is 2.31. The van der Waals surface area contributed by atoms with E-state index in [9.17, 15) is 18.0 Å². The molecule has 17 heavy (non-hydrogen) atoms. The Morgan fingerprint density at radius 1 is 1.41 bits per heavy atom. The van der Waals surface area contributed by atoms with Crippen LogP contribution < -0.4 is 5.73 Å². The second-order valence-electron chi connectivity index (χ2n) is 3.65. The Morgan fingerprint density at radius 2 is 2.06 bits per heavy atom. The average molecular weight is 247 g/mol. The average Bonchev–Trinajstić information content (AvgIpc) is 2.24. The molecule has 1 atom stereocenters. The zero-order chi connectivity index (χ0) is 13.1. The van der Waals surface area contributed by atoms with Crippen molar-refractivity contribution in [1.29, 1.82) is 0 Å². The van der Waals surface area contributed by atoms with Gasteiger partial charge in [0.05, 0.1) is 12.0 Å². The van der Waals surface area contributed by atoms with Crippen LogP contribution in [0.1, 0.15) is 23.5 Å². The SMILES string of the molecule is NCC(CC(=O)O)c1cccc(C(F)(F)F)c1. The van der Waals surface area contributed by atoms with Crippen LogP contribution in [-0.4, -0.2) is 17.6 Å². The van der Waals surface area contributed by atoms with E-state index in [1.165, 1.54) is 12.1 Å². The summed E-state index contributed by atoms with van der Waals surface area (Å²) in [6.45, 7) is -0.00634. The highest BCUT2D eigenvalue weighted by Crippen LogP contribution is 2.31. The van der Waals surface area contributed by atoms with Crippen molar-refractivity contribution < 1.29 is 23.1 Å². The highest BCUT2D eigenvalue weighted by molar-refractivity contribution is 5.68. The quantitative estimate of drug-likeness (QED) is 0.857. The van der Waals surface area contributed by atoms with Crippen LogP contribution in [0.4, 0.5) is 13.2 Å². The molecule has 0 aliphatic carbocycles. The van der Waals surface area contributed by atoms with E-state index in [0.717, 1.165) is 12.1 Å². The fraction of sp³-hybridized carbons (Fsp3) is 0.364. The third-order valence-electron chi connectivity index (χ3n) is 2.39. The molecule has 3 N–H and O–H groups in total. The molecule has 6 heteroatoms. The van der Waals surface area contributed by atoms with Gasteiger partial charge in [-0.25, -0.2) is 0 Å². The van der Waals surface area contributed by atoms with Gasteiger partial charge in [0.25, 0.3) is 0 Å². The molecule has 1 unspecified atom stereocenters. The molecule has 1 rings (SSSR count). The van der Waals surface area contributed by atoms with Crippen molar-refractivity contribution in [2.45, 2.75) is 18.5 Å². The van der Waals surface area contributed by atoms with Crippen molar-refractivity contribution in [1.82, 2.24) is 0 Å². The summed E-state index contributed by atoms with van der Waals surface area (Å²) < 4.78 is 37.4. The standard InChI is InChI=1S/C11H12F3NO2/c12-11(13,14)9-3-1-2-7(4-9)8(6-15)5-10(16)17/h1-4,8H,5-6,15H2,(H,16,17). The lowest BCUT2D eigenvalue weighted by molar-refractivity contribution is -0.138. The van der Waals surface area contributed by atoms with Crippen LogP contribution in [-0.2, 0) is 11.0 Å². The minimum atomic E-state index is -4.43. The molecule has 0 amide bonds. The first-order valence-electron chi connectivity index (χ1n) is 4.93. The number of alkyl halides is 3. The van der Waals surface area contributed by atoms with Gasteiger partial charge in [-0.1, -0.05) is 18.2 Å². The first kappa shape index (κ1) is 13.5. The number of carboxylic acids is 1. The fourth-order valence-corrected chi connectivity index (χ4v) is 1.52. The summed E-state index contributed by atoms with van der Waals surface area (Å²) >= 11 is 0. The van der Waals surface area contributed by atoms with Gasteiger partial charge in [-0.15, -0.1) is 0 Å². The summed E-state index contributed by atoms with van der Waals surface area (Å²) in [6.07, 6.45) is -4.71. The fourth-order valence-electron chi connectivity index (χ4n) is 1.52. The van der Waals surface area contributed by atoms with E-state index in [1.54, 1.807) is 0 Å². The van der Waals surface area contributed by atoms with E-state index in [2.05, 4.69) is 0 Å². The Kier molecular flexibility index (Phi) is 4.11. The zero-order valence-corrected chi connectivity index (χ0v) is 8.87. The van der Waals surface area contributed by atoms with E-state index >= 15 is 0 Å². The smallest absolute Gasteiger partial charge is 0.416 e. The number of hydrogen-bond acceptors (Lipinski definition) is 2. The topological polar surface area (TPSA) is 63.3 Å². The van der Waals surface area contributed by atoms with Crippen molar-refractivity contribution in [3.63, 3.8) is 0 Å². The van der Waals surface area contributed by atoms with Crippen LogP contribution in [0.25, 0.3) is 0 Å². The summed E-state index contributed by atoms with van der Waals surface area (Å²) in [5.41, 5.74) is 4.87. The lowest BCUT2D eigenvalue weighted by atomic mass is 9.94. The molecule has 0 aliphatic heterocycles. The Labute approximate surface area is 96.0 Å². The number of rotatable bonds is 4. The van der Waals surface area contributed by atoms with Crippen molar-refractivity contribution in [3.05, 3.63) is 35.4 Å². The Bertz CT molecular complexity index is 404. The molecule has 0 saturated heterocycles. The number of benzene rings is 1. The molecule has 1 aromatic carbocycles. The summed E-state index contributed by atoms with van der Waals surface area (Å²) in [5, 5.41) is 8.63. The first-order valence-corrected chi connectivity index (χ1v) is 4.93. The van der Waals surface area contributed by atoms with E-state index in [1.807, 2.05) is 0 Å². The molecule has 0 radical (unpaired) electrons. The third kappa shape index (κ3) is 3.74. The van der Waals surface area contributed by atoms with Crippen LogP contribution >= 0.6 is 0 Å². The van der Waals surface area contributed by atoms with Crippen molar-refractivity contribution in [2.75, 3.05) is 6.54 Å². The van der Waals surface area contributed by atoms with Gasteiger partial charge in [-0.3, -0.25) is 4.79 Å². The minimum Gasteiger partial charge on any atom is -0.481 e. The van der Waals surface area contributed by atoms with Gasteiger partial charge < -0.3 is 10.8 Å². The number of aliphatic carboxylic acids is 1. The number of hydrogen-bond donors (Lipinski definition) is 2. The molecular weight excluding hydrogens is 235 g/mol. The molecule has 0 heterocycles. The normalized spacial score (nSPS) is 13.4. The zero-order valence-electron chi connectivity index (χ0n) is 8.87. The summed E-state index contributed by atoms with van der Waals surface area (Å²) in [5.74, 6) is -1.69. The predicted molar refractivity (Wildman–Crippen MR) is 55.5 cm³/mol. The highest BCUT2D eigenvalue weighted by atomic mass is 19.4. The second-order valence-corrected chi connectivity index (χ2v) is 3.65. The maximum Gasteiger partial charge on any atom is 0.416 e. The summed E-state index contributed by atoms with van der Waals surface area (Å²) in [6, 6.07) is 4.59. The first-order chi connectivity index (χ1) is 7.84. The van der Waals surface area contributed by atoms with Gasteiger partial charge >= 0.3 is 12.1 Å². The molecule has 1 aromatic rings.